The van der Waals surface area contributed by atoms with Crippen LogP contribution in [0.15, 0.2) is 60.7 Å². The Bertz CT molecular complexity index is 843. The van der Waals surface area contributed by atoms with E-state index in [4.69, 9.17) is 0 Å². The standard InChI is InChI=1S/C26H31N3/c27-19-26(22-9-5-2-6-10-22)13-11-23(12-14-26)29-17-20(18-29)16-28-25-15-24(25)21-7-3-1-4-8-21/h1-10,20,23-25,28H,11-18H2/t23?,24-,25+,26?/m0/s1. The van der Waals surface area contributed by atoms with Gasteiger partial charge in [0.1, 0.15) is 0 Å². The van der Waals surface area contributed by atoms with E-state index in [0.29, 0.717) is 12.1 Å². The molecule has 3 aliphatic rings. The molecular weight excluding hydrogens is 354 g/mol. The third kappa shape index (κ3) is 3.84. The minimum absolute atomic E-state index is 0.262. The van der Waals surface area contributed by atoms with Crippen molar-refractivity contribution >= 4 is 0 Å². The molecule has 1 heterocycles. The minimum atomic E-state index is -0.262. The van der Waals surface area contributed by atoms with Crippen LogP contribution in [0, 0.1) is 17.2 Å². The van der Waals surface area contributed by atoms with Gasteiger partial charge in [0, 0.05) is 37.6 Å². The van der Waals surface area contributed by atoms with E-state index in [1.165, 1.54) is 30.6 Å². The highest BCUT2D eigenvalue weighted by Gasteiger charge is 2.42. The first-order chi connectivity index (χ1) is 14.3. The van der Waals surface area contributed by atoms with Crippen molar-refractivity contribution in [2.75, 3.05) is 19.6 Å². The second-order valence-electron chi connectivity index (χ2n) is 9.38. The Morgan fingerprint density at radius 3 is 2.28 bits per heavy atom. The highest BCUT2D eigenvalue weighted by Crippen LogP contribution is 2.42. The highest BCUT2D eigenvalue weighted by molar-refractivity contribution is 5.33. The molecule has 0 bridgehead atoms. The van der Waals surface area contributed by atoms with Crippen LogP contribution in [0.1, 0.15) is 49.1 Å². The number of hydrogen-bond acceptors (Lipinski definition) is 3. The van der Waals surface area contributed by atoms with E-state index in [2.05, 4.69) is 70.9 Å². The van der Waals surface area contributed by atoms with Crippen molar-refractivity contribution < 1.29 is 0 Å². The number of rotatable bonds is 6. The summed E-state index contributed by atoms with van der Waals surface area (Å²) in [7, 11) is 0. The molecule has 1 saturated heterocycles. The summed E-state index contributed by atoms with van der Waals surface area (Å²) in [4.78, 5) is 2.67. The minimum Gasteiger partial charge on any atom is -0.313 e. The number of nitriles is 1. The quantitative estimate of drug-likeness (QED) is 0.797. The van der Waals surface area contributed by atoms with Crippen molar-refractivity contribution in [3.8, 4) is 6.07 Å². The predicted molar refractivity (Wildman–Crippen MR) is 117 cm³/mol. The molecule has 3 nitrogen and oxygen atoms in total. The molecule has 5 rings (SSSR count). The third-order valence-electron chi connectivity index (χ3n) is 7.54. The smallest absolute Gasteiger partial charge is 0.0823 e. The summed E-state index contributed by atoms with van der Waals surface area (Å²) < 4.78 is 0. The van der Waals surface area contributed by atoms with Crippen molar-refractivity contribution in [3.05, 3.63) is 71.8 Å². The molecule has 1 aliphatic heterocycles. The average molecular weight is 386 g/mol. The highest BCUT2D eigenvalue weighted by atomic mass is 15.2. The summed E-state index contributed by atoms with van der Waals surface area (Å²) in [5.41, 5.74) is 2.44. The van der Waals surface area contributed by atoms with Gasteiger partial charge in [-0.3, -0.25) is 4.90 Å². The molecule has 2 saturated carbocycles. The van der Waals surface area contributed by atoms with Crippen LogP contribution in [-0.2, 0) is 5.41 Å². The molecular formula is C26H31N3. The molecule has 0 radical (unpaired) electrons. The fourth-order valence-electron chi connectivity index (χ4n) is 5.53. The predicted octanol–water partition coefficient (Wildman–Crippen LogP) is 4.47. The Labute approximate surface area is 174 Å². The Kier molecular flexibility index (Phi) is 5.16. The van der Waals surface area contributed by atoms with Crippen molar-refractivity contribution in [2.24, 2.45) is 5.92 Å². The molecule has 2 atom stereocenters. The molecule has 150 valence electrons. The van der Waals surface area contributed by atoms with E-state index in [0.717, 1.165) is 44.1 Å². The first-order valence-corrected chi connectivity index (χ1v) is 11.3. The van der Waals surface area contributed by atoms with Gasteiger partial charge in [0.25, 0.3) is 0 Å². The summed E-state index contributed by atoms with van der Waals surface area (Å²) in [5, 5.41) is 13.7. The molecule has 3 fully saturated rings. The van der Waals surface area contributed by atoms with Crippen LogP contribution in [0.3, 0.4) is 0 Å². The molecule has 1 N–H and O–H groups in total. The van der Waals surface area contributed by atoms with Crippen molar-refractivity contribution in [3.63, 3.8) is 0 Å². The zero-order valence-electron chi connectivity index (χ0n) is 17.1. The van der Waals surface area contributed by atoms with Gasteiger partial charge in [0.15, 0.2) is 0 Å². The normalized spacial score (nSPS) is 32.3. The van der Waals surface area contributed by atoms with E-state index in [9.17, 15) is 5.26 Å². The van der Waals surface area contributed by atoms with E-state index in [-0.39, 0.29) is 5.41 Å². The van der Waals surface area contributed by atoms with E-state index < -0.39 is 0 Å². The molecule has 2 aliphatic carbocycles. The largest absolute Gasteiger partial charge is 0.313 e. The molecule has 2 aromatic carbocycles. The summed E-state index contributed by atoms with van der Waals surface area (Å²) in [6.07, 6.45) is 5.60. The Morgan fingerprint density at radius 2 is 1.62 bits per heavy atom. The number of benzene rings is 2. The topological polar surface area (TPSA) is 39.1 Å². The lowest BCUT2D eigenvalue weighted by Crippen LogP contribution is -2.56. The monoisotopic (exact) mass is 385 g/mol. The van der Waals surface area contributed by atoms with Crippen molar-refractivity contribution in [2.45, 2.75) is 55.5 Å². The Balaban J connectivity index is 1.05. The van der Waals surface area contributed by atoms with Crippen LogP contribution in [0.2, 0.25) is 0 Å². The van der Waals surface area contributed by atoms with Crippen LogP contribution in [0.5, 0.6) is 0 Å². The number of likely N-dealkylation sites (tertiary alicyclic amines) is 1. The van der Waals surface area contributed by atoms with Gasteiger partial charge in [0.05, 0.1) is 11.5 Å². The van der Waals surface area contributed by atoms with Crippen LogP contribution in [0.25, 0.3) is 0 Å². The zero-order valence-corrected chi connectivity index (χ0v) is 17.1. The van der Waals surface area contributed by atoms with E-state index in [1.807, 2.05) is 6.07 Å². The van der Waals surface area contributed by atoms with Gasteiger partial charge >= 0.3 is 0 Å². The third-order valence-corrected chi connectivity index (χ3v) is 7.54. The van der Waals surface area contributed by atoms with Gasteiger partial charge in [-0.15, -0.1) is 0 Å². The molecule has 2 aromatic rings. The molecule has 29 heavy (non-hydrogen) atoms. The first-order valence-electron chi connectivity index (χ1n) is 11.3. The maximum Gasteiger partial charge on any atom is 0.0823 e. The van der Waals surface area contributed by atoms with Gasteiger partial charge in [-0.2, -0.15) is 5.26 Å². The fraction of sp³-hybridized carbons (Fsp3) is 0.500. The second-order valence-corrected chi connectivity index (χ2v) is 9.38. The average Bonchev–Trinajstić information content (AvgIpc) is 3.54. The first kappa shape index (κ1) is 18.9. The van der Waals surface area contributed by atoms with Crippen molar-refractivity contribution in [1.29, 1.82) is 5.26 Å². The summed E-state index contributed by atoms with van der Waals surface area (Å²) in [6, 6.07) is 25.4. The SMILES string of the molecule is N#CC1(c2ccccc2)CCC(N2CC(CN[C@@H]3C[C@H]3c3ccccc3)C2)CC1. The number of hydrogen-bond donors (Lipinski definition) is 1. The van der Waals surface area contributed by atoms with Crippen LogP contribution in [0.4, 0.5) is 0 Å². The summed E-state index contributed by atoms with van der Waals surface area (Å²) in [6.45, 7) is 3.61. The van der Waals surface area contributed by atoms with Gasteiger partial charge in [-0.05, 0) is 49.1 Å². The van der Waals surface area contributed by atoms with E-state index >= 15 is 0 Å². The summed E-state index contributed by atoms with van der Waals surface area (Å²) in [5.74, 6) is 1.52. The van der Waals surface area contributed by atoms with Gasteiger partial charge in [-0.1, -0.05) is 60.7 Å². The molecule has 0 amide bonds. The van der Waals surface area contributed by atoms with Crippen molar-refractivity contribution in [1.82, 2.24) is 10.2 Å². The van der Waals surface area contributed by atoms with Crippen LogP contribution in [-0.4, -0.2) is 36.6 Å². The lowest BCUT2D eigenvalue weighted by Gasteiger charge is -2.48. The molecule has 0 unspecified atom stereocenters. The summed E-state index contributed by atoms with van der Waals surface area (Å²) >= 11 is 0. The van der Waals surface area contributed by atoms with Crippen LogP contribution < -0.4 is 5.32 Å². The molecule has 0 spiro atoms. The molecule has 3 heteroatoms. The van der Waals surface area contributed by atoms with Crippen LogP contribution >= 0.6 is 0 Å². The maximum absolute atomic E-state index is 9.89. The Morgan fingerprint density at radius 1 is 0.966 bits per heavy atom. The maximum atomic E-state index is 9.89. The lowest BCUT2D eigenvalue weighted by atomic mass is 9.68. The Hall–Kier alpha value is -2.15. The second kappa shape index (κ2) is 7.94. The lowest BCUT2D eigenvalue weighted by molar-refractivity contribution is 0.0281. The fourth-order valence-corrected chi connectivity index (χ4v) is 5.53. The number of nitrogens with one attached hydrogen (secondary N) is 1. The van der Waals surface area contributed by atoms with Gasteiger partial charge in [0.2, 0.25) is 0 Å². The molecule has 0 aromatic heterocycles. The van der Waals surface area contributed by atoms with Gasteiger partial charge < -0.3 is 5.32 Å². The number of nitrogens with zero attached hydrogens (tertiary/aromatic N) is 2. The van der Waals surface area contributed by atoms with Gasteiger partial charge in [-0.25, -0.2) is 0 Å². The van der Waals surface area contributed by atoms with E-state index in [1.54, 1.807) is 0 Å². The zero-order chi connectivity index (χ0) is 19.7.